The van der Waals surface area contributed by atoms with Crippen molar-refractivity contribution in [3.05, 3.63) is 128 Å². The van der Waals surface area contributed by atoms with E-state index in [1.54, 1.807) is 6.07 Å². The summed E-state index contributed by atoms with van der Waals surface area (Å²) in [6.07, 6.45) is 2.62. The Balaban J connectivity index is 1.72. The molecule has 0 aliphatic carbocycles. The molecule has 0 amide bonds. The number of benzene rings is 3. The lowest BCUT2D eigenvalue weighted by atomic mass is 9.90. The van der Waals surface area contributed by atoms with Crippen molar-refractivity contribution in [3.63, 3.8) is 0 Å². The minimum absolute atomic E-state index is 0.0177. The summed E-state index contributed by atoms with van der Waals surface area (Å²) in [5.74, 6) is -0.0177. The van der Waals surface area contributed by atoms with Crippen molar-refractivity contribution in [3.8, 4) is 0 Å². The molecule has 0 unspecified atom stereocenters. The van der Waals surface area contributed by atoms with Crippen LogP contribution in [0.5, 0.6) is 0 Å². The lowest BCUT2D eigenvalue weighted by Gasteiger charge is -2.31. The zero-order valence-electron chi connectivity index (χ0n) is 17.6. The Kier molecular flexibility index (Phi) is 6.39. The Morgan fingerprint density at radius 3 is 2.41 bits per heavy atom. The number of hydrogen-bond donors (Lipinski definition) is 1. The molecule has 1 heterocycles. The first-order valence-electron chi connectivity index (χ1n) is 10.1. The third kappa shape index (κ3) is 4.45. The molecule has 0 radical (unpaired) electrons. The molecule has 1 aliphatic heterocycles. The van der Waals surface area contributed by atoms with E-state index in [4.69, 9.17) is 34.8 Å². The molecule has 1 N–H and O–H groups in total. The molecular formula is C27H22Cl3NO. The van der Waals surface area contributed by atoms with Crippen molar-refractivity contribution >= 4 is 46.1 Å². The molecule has 3 aromatic rings. The van der Waals surface area contributed by atoms with Crippen LogP contribution < -0.4 is 4.90 Å². The van der Waals surface area contributed by atoms with Gasteiger partial charge >= 0.3 is 0 Å². The molecule has 1 aliphatic rings. The first-order valence-corrected chi connectivity index (χ1v) is 11.2. The van der Waals surface area contributed by atoms with Crippen molar-refractivity contribution in [2.24, 2.45) is 0 Å². The fourth-order valence-electron chi connectivity index (χ4n) is 3.91. The number of rotatable bonds is 5. The normalized spacial score (nSPS) is 13.1. The van der Waals surface area contributed by atoms with Gasteiger partial charge in [-0.15, -0.1) is 0 Å². The first-order chi connectivity index (χ1) is 15.2. The molecule has 3 aromatic carbocycles. The second-order valence-electron chi connectivity index (χ2n) is 7.90. The zero-order valence-corrected chi connectivity index (χ0v) is 19.9. The highest BCUT2D eigenvalue weighted by Crippen LogP contribution is 2.40. The summed E-state index contributed by atoms with van der Waals surface area (Å²) in [5.41, 5.74) is 7.68. The summed E-state index contributed by atoms with van der Waals surface area (Å²) in [5, 5.41) is 12.0. The Bertz CT molecular complexity index is 1280. The largest absolute Gasteiger partial charge is 0.508 e. The molecule has 0 atom stereocenters. The Hall–Kier alpha value is -2.65. The first kappa shape index (κ1) is 22.5. The number of aliphatic hydroxyl groups is 1. The molecule has 0 saturated heterocycles. The molecule has 162 valence electrons. The summed E-state index contributed by atoms with van der Waals surface area (Å²) >= 11 is 18.6. The van der Waals surface area contributed by atoms with Gasteiger partial charge in [-0.2, -0.15) is 0 Å². The van der Waals surface area contributed by atoms with Crippen LogP contribution in [0.3, 0.4) is 0 Å². The van der Waals surface area contributed by atoms with E-state index in [9.17, 15) is 5.11 Å². The van der Waals surface area contributed by atoms with Crippen molar-refractivity contribution in [2.75, 3.05) is 4.90 Å². The zero-order chi connectivity index (χ0) is 23.0. The number of aliphatic hydroxyl groups excluding tert-OH is 1. The second kappa shape index (κ2) is 9.07. The van der Waals surface area contributed by atoms with Crippen LogP contribution in [-0.4, -0.2) is 5.11 Å². The third-order valence-electron chi connectivity index (χ3n) is 5.73. The van der Waals surface area contributed by atoms with Crippen molar-refractivity contribution in [1.82, 2.24) is 0 Å². The van der Waals surface area contributed by atoms with Crippen molar-refractivity contribution in [2.45, 2.75) is 19.9 Å². The van der Waals surface area contributed by atoms with Crippen molar-refractivity contribution < 1.29 is 5.11 Å². The van der Waals surface area contributed by atoms with Crippen LogP contribution in [0.2, 0.25) is 15.1 Å². The van der Waals surface area contributed by atoms with E-state index in [-0.39, 0.29) is 5.76 Å². The maximum Gasteiger partial charge on any atom is 0.117 e. The van der Waals surface area contributed by atoms with Gasteiger partial charge in [0.15, 0.2) is 0 Å². The molecule has 4 rings (SSSR count). The highest BCUT2D eigenvalue weighted by atomic mass is 35.5. The summed E-state index contributed by atoms with van der Waals surface area (Å²) in [6, 6.07) is 17.9. The summed E-state index contributed by atoms with van der Waals surface area (Å²) in [4.78, 5) is 2.06. The summed E-state index contributed by atoms with van der Waals surface area (Å²) in [7, 11) is 0. The van der Waals surface area contributed by atoms with Gasteiger partial charge in [-0.1, -0.05) is 72.2 Å². The van der Waals surface area contributed by atoms with E-state index in [0.29, 0.717) is 22.2 Å². The van der Waals surface area contributed by atoms with Gasteiger partial charge in [-0.25, -0.2) is 0 Å². The van der Waals surface area contributed by atoms with Gasteiger partial charge in [-0.05, 0) is 71.5 Å². The highest BCUT2D eigenvalue weighted by molar-refractivity contribution is 6.42. The van der Waals surface area contributed by atoms with Gasteiger partial charge in [0.2, 0.25) is 0 Å². The Morgan fingerprint density at radius 2 is 1.69 bits per heavy atom. The average molecular weight is 483 g/mol. The lowest BCUT2D eigenvalue weighted by molar-refractivity contribution is 0.429. The molecule has 0 saturated carbocycles. The van der Waals surface area contributed by atoms with E-state index >= 15 is 0 Å². The molecule has 32 heavy (non-hydrogen) atoms. The monoisotopic (exact) mass is 481 g/mol. The lowest BCUT2D eigenvalue weighted by Crippen LogP contribution is -2.22. The molecular weight excluding hydrogens is 461 g/mol. The summed E-state index contributed by atoms with van der Waals surface area (Å²) in [6.45, 7) is 10.5. The minimum atomic E-state index is -0.0177. The Labute approximate surface area is 203 Å². The summed E-state index contributed by atoms with van der Waals surface area (Å²) < 4.78 is 0. The van der Waals surface area contributed by atoms with Crippen LogP contribution in [-0.2, 0) is 13.0 Å². The van der Waals surface area contributed by atoms with E-state index in [2.05, 4.69) is 42.3 Å². The average Bonchev–Trinajstić information content (AvgIpc) is 2.76. The predicted octanol–water partition coefficient (Wildman–Crippen LogP) is 8.54. The molecule has 0 bridgehead atoms. The number of hydrogen-bond acceptors (Lipinski definition) is 2. The van der Waals surface area contributed by atoms with E-state index in [0.717, 1.165) is 45.0 Å². The van der Waals surface area contributed by atoms with E-state index in [1.165, 1.54) is 5.56 Å². The number of halogens is 3. The fourth-order valence-corrected chi connectivity index (χ4v) is 4.43. The van der Waals surface area contributed by atoms with Gasteiger partial charge in [0.05, 0.1) is 10.0 Å². The third-order valence-corrected chi connectivity index (χ3v) is 6.88. The molecule has 0 aromatic heterocycles. The SMILES string of the molecule is C=C(O)C1=CN(Cc2ccc(Cl)c(Cl)c2)c2ccc(Cc3cccc(Cl)c3C)cc2C1=C. The smallest absolute Gasteiger partial charge is 0.117 e. The highest BCUT2D eigenvalue weighted by Gasteiger charge is 2.23. The number of anilines is 1. The number of allylic oxidation sites excluding steroid dienone is 1. The van der Waals surface area contributed by atoms with E-state index < -0.39 is 0 Å². The van der Waals surface area contributed by atoms with Crippen LogP contribution in [0, 0.1) is 6.92 Å². The van der Waals surface area contributed by atoms with Crippen LogP contribution in [0.1, 0.15) is 27.8 Å². The van der Waals surface area contributed by atoms with Crippen LogP contribution in [0.25, 0.3) is 5.57 Å². The predicted molar refractivity (Wildman–Crippen MR) is 137 cm³/mol. The van der Waals surface area contributed by atoms with Crippen LogP contribution >= 0.6 is 34.8 Å². The van der Waals surface area contributed by atoms with Gasteiger partial charge in [0.1, 0.15) is 5.76 Å². The fraction of sp³-hybridized carbons (Fsp3) is 0.111. The maximum absolute atomic E-state index is 10.2. The van der Waals surface area contributed by atoms with E-state index in [1.807, 2.05) is 37.4 Å². The standard InChI is InChI=1S/C27H22Cl3NO/c1-16-21(5-4-6-24(16)28)11-19-8-10-27-22(12-19)17(2)23(18(3)32)15-31(27)14-20-7-9-25(29)26(30)13-20/h4-10,12-13,15,32H,2-3,11,14H2,1H3. The van der Waals surface area contributed by atoms with Gasteiger partial charge in [0.25, 0.3) is 0 Å². The molecule has 0 spiro atoms. The molecule has 2 nitrogen and oxygen atoms in total. The number of nitrogens with zero attached hydrogens (tertiary/aromatic N) is 1. The Morgan fingerprint density at radius 1 is 0.938 bits per heavy atom. The minimum Gasteiger partial charge on any atom is -0.508 e. The van der Waals surface area contributed by atoms with Gasteiger partial charge < -0.3 is 10.0 Å². The topological polar surface area (TPSA) is 23.5 Å². The maximum atomic E-state index is 10.2. The quantitative estimate of drug-likeness (QED) is 0.368. The van der Waals surface area contributed by atoms with Gasteiger partial charge in [0, 0.05) is 34.6 Å². The van der Waals surface area contributed by atoms with Crippen molar-refractivity contribution in [1.29, 1.82) is 0 Å². The number of fused-ring (bicyclic) bond motifs is 1. The molecule has 0 fully saturated rings. The van der Waals surface area contributed by atoms with Gasteiger partial charge in [-0.3, -0.25) is 0 Å². The second-order valence-corrected chi connectivity index (χ2v) is 9.12. The van der Waals surface area contributed by atoms with Crippen LogP contribution in [0.15, 0.2) is 85.3 Å². The van der Waals surface area contributed by atoms with Crippen LogP contribution in [0.4, 0.5) is 5.69 Å². The molecule has 5 heteroatoms.